The van der Waals surface area contributed by atoms with Crippen LogP contribution >= 0.6 is 0 Å². The van der Waals surface area contributed by atoms with E-state index in [2.05, 4.69) is 279 Å². The van der Waals surface area contributed by atoms with Crippen molar-refractivity contribution in [2.45, 2.75) is 32.0 Å². The number of anilines is 6. The van der Waals surface area contributed by atoms with Crippen molar-refractivity contribution < 1.29 is 0 Å². The van der Waals surface area contributed by atoms with Gasteiger partial charge in [0.15, 0.2) is 0 Å². The highest BCUT2D eigenvalue weighted by Gasteiger charge is 2.48. The van der Waals surface area contributed by atoms with Gasteiger partial charge in [0, 0.05) is 34.1 Å². The Balaban J connectivity index is 1.16. The highest BCUT2D eigenvalue weighted by molar-refractivity contribution is 6.88. The average Bonchev–Trinajstić information content (AvgIpc) is 3.68. The minimum Gasteiger partial charge on any atom is -0.310 e. The molecule has 12 rings (SSSR count). The summed E-state index contributed by atoms with van der Waals surface area (Å²) < 4.78 is 0. The van der Waals surface area contributed by atoms with E-state index in [0.29, 0.717) is 0 Å². The molecule has 0 fully saturated rings. The van der Waals surface area contributed by atoms with E-state index in [1.807, 2.05) is 0 Å². The maximum Gasteiger partial charge on any atom is 0.0776 e. The van der Waals surface area contributed by atoms with Crippen LogP contribution in [0.15, 0.2) is 243 Å². The lowest BCUT2D eigenvalue weighted by Gasteiger charge is -2.35. The van der Waals surface area contributed by atoms with E-state index in [0.717, 1.165) is 28.4 Å². The summed E-state index contributed by atoms with van der Waals surface area (Å²) in [6.07, 6.45) is 0. The van der Waals surface area contributed by atoms with E-state index in [9.17, 15) is 0 Å². The third-order valence-corrected chi connectivity index (χ3v) is 16.2. The van der Waals surface area contributed by atoms with Gasteiger partial charge in [-0.05, 0) is 163 Å². The molecule has 2 nitrogen and oxygen atoms in total. The molecule has 0 bridgehead atoms. The molecule has 0 aromatic heterocycles. The van der Waals surface area contributed by atoms with Gasteiger partial charge in [0.2, 0.25) is 0 Å². The van der Waals surface area contributed by atoms with Gasteiger partial charge in [-0.2, -0.15) is 0 Å². The van der Waals surface area contributed by atoms with Crippen molar-refractivity contribution >= 4 is 79.7 Å². The first kappa shape index (κ1) is 41.4. The van der Waals surface area contributed by atoms with Crippen LogP contribution in [-0.4, -0.2) is 8.07 Å². The molecule has 0 saturated heterocycles. The summed E-state index contributed by atoms with van der Waals surface area (Å²) in [4.78, 5) is 4.83. The largest absolute Gasteiger partial charge is 0.310 e. The Hall–Kier alpha value is -7.98. The predicted molar refractivity (Wildman–Crippen MR) is 293 cm³/mol. The summed E-state index contributed by atoms with van der Waals surface area (Å²) in [7, 11) is -1.61. The SMILES string of the molecule is Cc1cccc(N(c2ccccc2)c2ccc3cc4c(cc3c2)C(c2ccccc2)(c2ccccc2)c2c-4c3ccccc3c3cc(N(c4ccccc4)c4cccc([Si](C)(C)C)c4)ccc23)c1. The molecule has 1 aliphatic carbocycles. The summed E-state index contributed by atoms with van der Waals surface area (Å²) >= 11 is 0. The van der Waals surface area contributed by atoms with E-state index >= 15 is 0 Å². The number of benzene rings is 11. The highest BCUT2D eigenvalue weighted by Crippen LogP contribution is 2.61. The van der Waals surface area contributed by atoms with Crippen LogP contribution < -0.4 is 15.0 Å². The number of hydrogen-bond donors (Lipinski definition) is 0. The maximum absolute atomic E-state index is 2.52. The molecule has 1 aliphatic rings. The number of para-hydroxylation sites is 2. The fraction of sp³-hybridized carbons (Fsp3) is 0.0769. The average molecular weight is 889 g/mol. The van der Waals surface area contributed by atoms with Crippen molar-refractivity contribution in [2.75, 3.05) is 9.80 Å². The second-order valence-corrected chi connectivity index (χ2v) is 24.5. The number of rotatable bonds is 9. The summed E-state index contributed by atoms with van der Waals surface area (Å²) in [6.45, 7) is 9.45. The Morgan fingerprint density at radius 2 is 0.868 bits per heavy atom. The molecule has 0 N–H and O–H groups in total. The Kier molecular flexibility index (Phi) is 10.0. The fourth-order valence-electron chi connectivity index (χ4n) is 11.1. The Morgan fingerprint density at radius 3 is 1.49 bits per heavy atom. The van der Waals surface area contributed by atoms with E-state index in [1.54, 1.807) is 0 Å². The summed E-state index contributed by atoms with van der Waals surface area (Å²) in [5.41, 5.74) is 15.1. The minimum absolute atomic E-state index is 0.637. The molecular formula is C65H52N2Si. The third kappa shape index (κ3) is 6.76. The van der Waals surface area contributed by atoms with Gasteiger partial charge in [-0.3, -0.25) is 0 Å². The number of aryl methyl sites for hydroxylation is 1. The van der Waals surface area contributed by atoms with Gasteiger partial charge in [0.1, 0.15) is 0 Å². The first-order valence-corrected chi connectivity index (χ1v) is 27.3. The van der Waals surface area contributed by atoms with Crippen molar-refractivity contribution in [3.63, 3.8) is 0 Å². The van der Waals surface area contributed by atoms with Crippen molar-refractivity contribution in [2.24, 2.45) is 0 Å². The molecule has 0 atom stereocenters. The van der Waals surface area contributed by atoms with Gasteiger partial charge in [-0.1, -0.05) is 183 Å². The summed E-state index contributed by atoms with van der Waals surface area (Å²) in [5.74, 6) is 0. The Bertz CT molecular complexity index is 3630. The van der Waals surface area contributed by atoms with Gasteiger partial charge in [-0.15, -0.1) is 0 Å². The molecule has 68 heavy (non-hydrogen) atoms. The van der Waals surface area contributed by atoms with Crippen LogP contribution in [0.25, 0.3) is 43.4 Å². The first-order valence-electron chi connectivity index (χ1n) is 23.8. The topological polar surface area (TPSA) is 6.48 Å². The van der Waals surface area contributed by atoms with Crippen LogP contribution in [0, 0.1) is 6.92 Å². The zero-order chi connectivity index (χ0) is 46.0. The second kappa shape index (κ2) is 16.4. The lowest BCUT2D eigenvalue weighted by atomic mass is 9.66. The van der Waals surface area contributed by atoms with Crippen LogP contribution in [0.5, 0.6) is 0 Å². The van der Waals surface area contributed by atoms with Crippen LogP contribution in [-0.2, 0) is 5.41 Å². The monoisotopic (exact) mass is 888 g/mol. The van der Waals surface area contributed by atoms with Crippen LogP contribution in [0.3, 0.4) is 0 Å². The van der Waals surface area contributed by atoms with Gasteiger partial charge >= 0.3 is 0 Å². The van der Waals surface area contributed by atoms with Crippen LogP contribution in [0.4, 0.5) is 34.1 Å². The molecule has 0 amide bonds. The van der Waals surface area contributed by atoms with Crippen molar-refractivity contribution in [1.29, 1.82) is 0 Å². The zero-order valence-corrected chi connectivity index (χ0v) is 40.0. The summed E-state index contributed by atoms with van der Waals surface area (Å²) in [5, 5.41) is 8.87. The smallest absolute Gasteiger partial charge is 0.0776 e. The van der Waals surface area contributed by atoms with Gasteiger partial charge in [0.25, 0.3) is 0 Å². The lowest BCUT2D eigenvalue weighted by molar-refractivity contribution is 0.777. The molecule has 11 aromatic rings. The van der Waals surface area contributed by atoms with Gasteiger partial charge < -0.3 is 9.80 Å². The molecule has 11 aromatic carbocycles. The number of fused-ring (bicyclic) bond motifs is 9. The Labute approximate surface area is 401 Å². The lowest BCUT2D eigenvalue weighted by Crippen LogP contribution is -2.37. The number of hydrogen-bond acceptors (Lipinski definition) is 2. The summed E-state index contributed by atoms with van der Waals surface area (Å²) in [6, 6.07) is 90.6. The fourth-order valence-corrected chi connectivity index (χ4v) is 12.3. The van der Waals surface area contributed by atoms with E-state index in [1.165, 1.54) is 82.1 Å². The van der Waals surface area contributed by atoms with Gasteiger partial charge in [-0.25, -0.2) is 0 Å². The molecule has 0 unspecified atom stereocenters. The molecule has 3 heteroatoms. The molecular weight excluding hydrogens is 837 g/mol. The normalized spacial score (nSPS) is 12.8. The van der Waals surface area contributed by atoms with Crippen LogP contribution in [0.2, 0.25) is 19.6 Å². The van der Waals surface area contributed by atoms with Crippen molar-refractivity contribution in [3.05, 3.63) is 270 Å². The second-order valence-electron chi connectivity index (χ2n) is 19.4. The van der Waals surface area contributed by atoms with Crippen LogP contribution in [0.1, 0.15) is 27.8 Å². The quantitative estimate of drug-likeness (QED) is 0.105. The molecule has 0 spiro atoms. The third-order valence-electron chi connectivity index (χ3n) is 14.2. The Morgan fingerprint density at radius 1 is 0.353 bits per heavy atom. The molecule has 0 heterocycles. The molecule has 0 saturated carbocycles. The standard InChI is InChI=1S/C65H52N2Si/c1-45-21-19-30-52(39-45)66(50-26-13-7-14-27-50)54-36-35-46-41-61-62(42-47(46)40-54)65(48-22-9-5-10-23-48,49-24-11-6-12-25-49)64-59-38-37-55(44-60(59)57-33-17-18-34-58(57)63(61)64)67(51-28-15-8-16-29-51)53-31-20-32-56(43-53)68(2,3)4/h5-44H,1-4H3. The molecule has 0 radical (unpaired) electrons. The van der Waals surface area contributed by atoms with Crippen molar-refractivity contribution in [1.82, 2.24) is 0 Å². The molecule has 326 valence electrons. The maximum atomic E-state index is 2.52. The van der Waals surface area contributed by atoms with E-state index in [-0.39, 0.29) is 0 Å². The highest BCUT2D eigenvalue weighted by atomic mass is 28.3. The minimum atomic E-state index is -1.61. The predicted octanol–water partition coefficient (Wildman–Crippen LogP) is 17.3. The number of nitrogens with zero attached hydrogens (tertiary/aromatic N) is 2. The zero-order valence-electron chi connectivity index (χ0n) is 39.0. The van der Waals surface area contributed by atoms with Gasteiger partial charge in [0.05, 0.1) is 13.5 Å². The first-order chi connectivity index (χ1) is 33.3. The van der Waals surface area contributed by atoms with Crippen molar-refractivity contribution in [3.8, 4) is 11.1 Å². The molecule has 0 aliphatic heterocycles. The van der Waals surface area contributed by atoms with E-state index in [4.69, 9.17) is 0 Å². The van der Waals surface area contributed by atoms with E-state index < -0.39 is 13.5 Å².